The molecule has 1 saturated heterocycles. The van der Waals surface area contributed by atoms with Crippen LogP contribution in [0.4, 0.5) is 4.79 Å². The first-order chi connectivity index (χ1) is 8.08. The Bertz CT molecular complexity index is 364. The van der Waals surface area contributed by atoms with Crippen LogP contribution in [0.5, 0.6) is 0 Å². The van der Waals surface area contributed by atoms with Gasteiger partial charge in [0.05, 0.1) is 12.6 Å². The Morgan fingerprint density at radius 2 is 2.17 bits per heavy atom. The third-order valence-electron chi connectivity index (χ3n) is 2.64. The summed E-state index contributed by atoms with van der Waals surface area (Å²) < 4.78 is 10.8. The van der Waals surface area contributed by atoms with E-state index >= 15 is 0 Å². The highest BCUT2D eigenvalue weighted by Crippen LogP contribution is 2.30. The van der Waals surface area contributed by atoms with Crippen LogP contribution < -0.4 is 0 Å². The van der Waals surface area contributed by atoms with Crippen LogP contribution in [0.25, 0.3) is 0 Å². The number of terminal acetylenes is 1. The molecule has 2 atom stereocenters. The largest absolute Gasteiger partial charge is 0.444 e. The normalized spacial score (nSPS) is 24.5. The summed E-state index contributed by atoms with van der Waals surface area (Å²) in [5.41, 5.74) is -1.45. The number of hydrogen-bond donors (Lipinski definition) is 1. The third kappa shape index (κ3) is 3.15. The number of ether oxygens (including phenoxy) is 2. The molecule has 0 saturated carbocycles. The van der Waals surface area contributed by atoms with E-state index in [0.29, 0.717) is 0 Å². The zero-order valence-electron chi connectivity index (χ0n) is 11.6. The van der Waals surface area contributed by atoms with Crippen molar-refractivity contribution in [3.63, 3.8) is 0 Å². The average molecular weight is 255 g/mol. The average Bonchev–Trinajstić information content (AvgIpc) is 2.50. The Kier molecular flexibility index (Phi) is 3.94. The summed E-state index contributed by atoms with van der Waals surface area (Å²) in [5.74, 6) is 2.22. The Labute approximate surface area is 108 Å². The third-order valence-corrected chi connectivity index (χ3v) is 2.64. The van der Waals surface area contributed by atoms with E-state index in [-0.39, 0.29) is 6.61 Å². The second kappa shape index (κ2) is 4.79. The lowest BCUT2D eigenvalue weighted by Crippen LogP contribution is -2.53. The first-order valence-corrected chi connectivity index (χ1v) is 5.89. The van der Waals surface area contributed by atoms with Gasteiger partial charge in [0.2, 0.25) is 0 Å². The molecule has 1 rings (SSSR count). The summed E-state index contributed by atoms with van der Waals surface area (Å²) in [6.45, 7) is 9.00. The van der Waals surface area contributed by atoms with Crippen molar-refractivity contribution in [1.82, 2.24) is 4.90 Å². The lowest BCUT2D eigenvalue weighted by molar-refractivity contribution is -0.0658. The summed E-state index contributed by atoms with van der Waals surface area (Å²) in [6, 6.07) is -0.583. The van der Waals surface area contributed by atoms with Gasteiger partial charge in [-0.3, -0.25) is 4.90 Å². The number of carbonyl (C=O) groups is 1. The van der Waals surface area contributed by atoms with Crippen LogP contribution in [0.15, 0.2) is 0 Å². The second-order valence-electron chi connectivity index (χ2n) is 5.79. The van der Waals surface area contributed by atoms with Crippen LogP contribution in [-0.2, 0) is 9.47 Å². The number of amides is 1. The summed E-state index contributed by atoms with van der Waals surface area (Å²) in [6.07, 6.45) is 3.59. The van der Waals surface area contributed by atoms with E-state index < -0.39 is 29.6 Å². The van der Waals surface area contributed by atoms with Gasteiger partial charge in [0.1, 0.15) is 17.4 Å². The van der Waals surface area contributed by atoms with Crippen LogP contribution in [0, 0.1) is 12.3 Å². The van der Waals surface area contributed by atoms with E-state index in [1.54, 1.807) is 34.6 Å². The van der Waals surface area contributed by atoms with Gasteiger partial charge in [0.25, 0.3) is 0 Å². The molecule has 102 valence electrons. The predicted molar refractivity (Wildman–Crippen MR) is 66.7 cm³/mol. The molecule has 0 radical (unpaired) electrons. The van der Waals surface area contributed by atoms with Crippen molar-refractivity contribution < 1.29 is 19.4 Å². The van der Waals surface area contributed by atoms with Crippen LogP contribution >= 0.6 is 0 Å². The molecular formula is C13H21NO4. The van der Waals surface area contributed by atoms with Crippen molar-refractivity contribution in [2.45, 2.75) is 58.1 Å². The van der Waals surface area contributed by atoms with E-state index in [4.69, 9.17) is 15.9 Å². The summed E-state index contributed by atoms with van der Waals surface area (Å²) in [7, 11) is 0. The van der Waals surface area contributed by atoms with E-state index in [1.165, 1.54) is 4.90 Å². The number of nitrogens with zero attached hydrogens (tertiary/aromatic N) is 1. The minimum atomic E-state index is -1.07. The maximum absolute atomic E-state index is 12.2. The van der Waals surface area contributed by atoms with Gasteiger partial charge in [-0.05, 0) is 34.6 Å². The van der Waals surface area contributed by atoms with E-state index in [1.807, 2.05) is 0 Å². The van der Waals surface area contributed by atoms with Crippen LogP contribution in [0.1, 0.15) is 34.6 Å². The topological polar surface area (TPSA) is 59.0 Å². The summed E-state index contributed by atoms with van der Waals surface area (Å²) in [5, 5.41) is 9.74. The van der Waals surface area contributed by atoms with Gasteiger partial charge in [-0.1, -0.05) is 5.92 Å². The summed E-state index contributed by atoms with van der Waals surface area (Å²) in [4.78, 5) is 13.5. The first kappa shape index (κ1) is 14.8. The maximum Gasteiger partial charge on any atom is 0.413 e. The van der Waals surface area contributed by atoms with Crippen molar-refractivity contribution in [3.8, 4) is 12.3 Å². The standard InChI is InChI=1S/C13H21NO4/c1-7-10(15)9-8-17-13(5,6)14(9)11(16)18-12(2,3)4/h1,9-10,15H,8H2,2-6H3/t9-,10-/m0/s1. The minimum Gasteiger partial charge on any atom is -0.444 e. The minimum absolute atomic E-state index is 0.192. The fraction of sp³-hybridized carbons (Fsp3) is 0.769. The van der Waals surface area contributed by atoms with E-state index in [2.05, 4.69) is 5.92 Å². The van der Waals surface area contributed by atoms with Crippen LogP contribution in [-0.4, -0.2) is 46.2 Å². The van der Waals surface area contributed by atoms with E-state index in [0.717, 1.165) is 0 Å². The maximum atomic E-state index is 12.2. The van der Waals surface area contributed by atoms with Gasteiger partial charge in [-0.2, -0.15) is 0 Å². The lowest BCUT2D eigenvalue weighted by Gasteiger charge is -2.35. The Hall–Kier alpha value is -1.25. The van der Waals surface area contributed by atoms with Crippen molar-refractivity contribution in [2.24, 2.45) is 0 Å². The van der Waals surface area contributed by atoms with Gasteiger partial charge < -0.3 is 14.6 Å². The fourth-order valence-electron chi connectivity index (χ4n) is 1.84. The molecular weight excluding hydrogens is 234 g/mol. The molecule has 0 bridgehead atoms. The van der Waals surface area contributed by atoms with Crippen molar-refractivity contribution in [3.05, 3.63) is 0 Å². The Morgan fingerprint density at radius 3 is 2.61 bits per heavy atom. The molecule has 0 spiro atoms. The molecule has 0 aliphatic carbocycles. The van der Waals surface area contributed by atoms with Gasteiger partial charge in [-0.15, -0.1) is 6.42 Å². The zero-order chi connectivity index (χ0) is 14.1. The van der Waals surface area contributed by atoms with Crippen molar-refractivity contribution in [2.75, 3.05) is 6.61 Å². The van der Waals surface area contributed by atoms with Crippen molar-refractivity contribution in [1.29, 1.82) is 0 Å². The molecule has 1 fully saturated rings. The van der Waals surface area contributed by atoms with Crippen LogP contribution in [0.2, 0.25) is 0 Å². The lowest BCUT2D eigenvalue weighted by atomic mass is 10.1. The van der Waals surface area contributed by atoms with Gasteiger partial charge in [-0.25, -0.2) is 4.79 Å². The van der Waals surface area contributed by atoms with Crippen molar-refractivity contribution >= 4 is 6.09 Å². The first-order valence-electron chi connectivity index (χ1n) is 5.89. The SMILES string of the molecule is C#C[C@H](O)[C@@H]1COC(C)(C)N1C(=O)OC(C)(C)C. The van der Waals surface area contributed by atoms with Crippen LogP contribution in [0.3, 0.4) is 0 Å². The molecule has 1 aliphatic heterocycles. The summed E-state index contributed by atoms with van der Waals surface area (Å²) >= 11 is 0. The molecule has 0 aromatic rings. The zero-order valence-corrected chi connectivity index (χ0v) is 11.6. The number of hydrogen-bond acceptors (Lipinski definition) is 4. The number of rotatable bonds is 1. The molecule has 5 heteroatoms. The Balaban J connectivity index is 2.93. The van der Waals surface area contributed by atoms with Gasteiger partial charge >= 0.3 is 6.09 Å². The monoisotopic (exact) mass is 255 g/mol. The van der Waals surface area contributed by atoms with Gasteiger partial charge in [0, 0.05) is 0 Å². The highest BCUT2D eigenvalue weighted by molar-refractivity contribution is 5.70. The fourth-order valence-corrected chi connectivity index (χ4v) is 1.84. The molecule has 0 unspecified atom stereocenters. The highest BCUT2D eigenvalue weighted by Gasteiger charge is 2.48. The molecule has 0 aromatic carbocycles. The highest BCUT2D eigenvalue weighted by atomic mass is 16.6. The molecule has 1 N–H and O–H groups in total. The van der Waals surface area contributed by atoms with E-state index in [9.17, 15) is 9.90 Å². The quantitative estimate of drug-likeness (QED) is 0.719. The second-order valence-corrected chi connectivity index (χ2v) is 5.79. The number of aliphatic hydroxyl groups is 1. The molecule has 1 aliphatic rings. The molecule has 18 heavy (non-hydrogen) atoms. The van der Waals surface area contributed by atoms with Gasteiger partial charge in [0.15, 0.2) is 0 Å². The molecule has 1 amide bonds. The number of carbonyl (C=O) groups excluding carboxylic acids is 1. The predicted octanol–water partition coefficient (Wildman–Crippen LogP) is 1.35. The molecule has 0 aromatic heterocycles. The Morgan fingerprint density at radius 1 is 1.61 bits per heavy atom. The molecule has 5 nitrogen and oxygen atoms in total. The smallest absolute Gasteiger partial charge is 0.413 e. The molecule has 1 heterocycles. The number of aliphatic hydroxyl groups excluding tert-OH is 1.